The molecule has 4 aromatic rings. The zero-order chi connectivity index (χ0) is 35.7. The van der Waals surface area contributed by atoms with E-state index in [1.807, 2.05) is 78.7 Å². The van der Waals surface area contributed by atoms with Crippen molar-refractivity contribution in [2.24, 2.45) is 0 Å². The van der Waals surface area contributed by atoms with E-state index in [1.165, 1.54) is 41.7 Å². The van der Waals surface area contributed by atoms with Crippen molar-refractivity contribution in [2.75, 3.05) is 25.1 Å². The lowest BCUT2D eigenvalue weighted by Crippen LogP contribution is -2.43. The zero-order valence-electron chi connectivity index (χ0n) is 26.7. The molecule has 0 fully saturated rings. The van der Waals surface area contributed by atoms with Crippen LogP contribution in [-0.4, -0.2) is 31.5 Å². The van der Waals surface area contributed by atoms with E-state index in [-0.39, 0.29) is 12.2 Å². The fraction of sp³-hybridized carbons (Fsp3) is 0.154. The van der Waals surface area contributed by atoms with Gasteiger partial charge in [-0.05, 0) is 48.1 Å². The van der Waals surface area contributed by atoms with E-state index < -0.39 is 34.3 Å². The Hall–Kier alpha value is -6.06. The summed E-state index contributed by atoms with van der Waals surface area (Å²) in [4.78, 5) is 3.28. The molecule has 3 aromatic carbocycles. The molecule has 2 heterocycles. The average molecular weight is 691 g/mol. The largest absolute Gasteiger partial charge is 0.488 e. The Morgan fingerprint density at radius 1 is 0.900 bits per heavy atom. The number of aliphatic hydroxyl groups is 1. The van der Waals surface area contributed by atoms with Gasteiger partial charge in [0.2, 0.25) is 0 Å². The van der Waals surface area contributed by atoms with Crippen molar-refractivity contribution >= 4 is 35.3 Å². The summed E-state index contributed by atoms with van der Waals surface area (Å²) in [5.41, 5.74) is -2.60. The smallest absolute Gasteiger partial charge is 0.437 e. The van der Waals surface area contributed by atoms with Crippen LogP contribution in [0.3, 0.4) is 0 Å². The molecule has 1 aliphatic heterocycles. The highest BCUT2D eigenvalue weighted by molar-refractivity contribution is 7.13. The first-order chi connectivity index (χ1) is 24.1. The molecule has 1 aliphatic rings. The predicted molar refractivity (Wildman–Crippen MR) is 186 cm³/mol. The summed E-state index contributed by atoms with van der Waals surface area (Å²) in [5.74, 6) is -0.0874. The number of hydrogen-bond acceptors (Lipinski definition) is 8. The van der Waals surface area contributed by atoms with E-state index in [4.69, 9.17) is 9.47 Å². The second-order valence-corrected chi connectivity index (χ2v) is 12.2. The van der Waals surface area contributed by atoms with Crippen LogP contribution in [0.1, 0.15) is 26.4 Å². The molecule has 250 valence electrons. The standard InChI is InChI=1S/C39H29F3N4O3S/c1-46(20-21-47)31-14-12-28(36(22-31)48-26-27-8-4-2-5-9-27)13-15-32-16-17-33(50-32)18-19-35-34(25-45)37(29(23-43)24-44)49-38(35,39(40,41)42)30-10-6-3-7-11-30/h2-19,22,47H,20-21,26H2,1H3. The molecule has 1 aromatic heterocycles. The van der Waals surface area contributed by atoms with Gasteiger partial charge in [-0.15, -0.1) is 11.3 Å². The number of rotatable bonds is 11. The van der Waals surface area contributed by atoms with Gasteiger partial charge in [0.25, 0.3) is 5.60 Å². The molecule has 1 unspecified atom stereocenters. The lowest BCUT2D eigenvalue weighted by atomic mass is 9.84. The highest BCUT2D eigenvalue weighted by Crippen LogP contribution is 2.56. The summed E-state index contributed by atoms with van der Waals surface area (Å²) < 4.78 is 56.9. The van der Waals surface area contributed by atoms with Crippen molar-refractivity contribution in [3.8, 4) is 24.0 Å². The number of halogens is 3. The second-order valence-electron chi connectivity index (χ2n) is 11.0. The average Bonchev–Trinajstić information content (AvgIpc) is 3.73. The van der Waals surface area contributed by atoms with E-state index in [0.717, 1.165) is 27.8 Å². The molecule has 0 saturated carbocycles. The van der Waals surface area contributed by atoms with Gasteiger partial charge in [0.15, 0.2) is 11.3 Å². The Kier molecular flexibility index (Phi) is 10.9. The number of alkyl halides is 3. The molecule has 0 bridgehead atoms. The number of benzene rings is 3. The van der Waals surface area contributed by atoms with E-state index in [9.17, 15) is 20.9 Å². The minimum atomic E-state index is -5.07. The lowest BCUT2D eigenvalue weighted by Gasteiger charge is -2.33. The fourth-order valence-electron chi connectivity index (χ4n) is 5.36. The Bertz CT molecular complexity index is 2080. The lowest BCUT2D eigenvalue weighted by molar-refractivity contribution is -0.249. The van der Waals surface area contributed by atoms with Crippen molar-refractivity contribution in [3.63, 3.8) is 0 Å². The monoisotopic (exact) mass is 690 g/mol. The van der Waals surface area contributed by atoms with Gasteiger partial charge in [-0.25, -0.2) is 0 Å². The van der Waals surface area contributed by atoms with Crippen LogP contribution in [0.15, 0.2) is 120 Å². The van der Waals surface area contributed by atoms with Crippen molar-refractivity contribution in [1.82, 2.24) is 0 Å². The number of likely N-dealkylation sites (N-methyl/N-ethyl adjacent to an activating group) is 1. The summed E-state index contributed by atoms with van der Waals surface area (Å²) >= 11 is 1.30. The van der Waals surface area contributed by atoms with Crippen molar-refractivity contribution in [3.05, 3.63) is 146 Å². The Morgan fingerprint density at radius 2 is 1.54 bits per heavy atom. The van der Waals surface area contributed by atoms with Crippen LogP contribution < -0.4 is 9.64 Å². The molecule has 0 saturated heterocycles. The Morgan fingerprint density at radius 3 is 2.14 bits per heavy atom. The van der Waals surface area contributed by atoms with Gasteiger partial charge in [0.05, 0.1) is 6.61 Å². The van der Waals surface area contributed by atoms with Crippen LogP contribution in [0.4, 0.5) is 18.9 Å². The molecule has 1 atom stereocenters. The molecule has 5 rings (SSSR count). The number of allylic oxidation sites excluding steroid dienone is 2. The zero-order valence-corrected chi connectivity index (χ0v) is 27.5. The van der Waals surface area contributed by atoms with Gasteiger partial charge in [0, 0.05) is 51.8 Å². The topological polar surface area (TPSA) is 113 Å². The first-order valence-corrected chi connectivity index (χ1v) is 16.1. The number of nitrogens with zero attached hydrogens (tertiary/aromatic N) is 4. The number of ether oxygens (including phenoxy) is 2. The van der Waals surface area contributed by atoms with Crippen LogP contribution in [-0.2, 0) is 16.9 Å². The van der Waals surface area contributed by atoms with Crippen molar-refractivity contribution in [2.45, 2.75) is 18.4 Å². The van der Waals surface area contributed by atoms with Crippen LogP contribution in [0.5, 0.6) is 5.75 Å². The van der Waals surface area contributed by atoms with Gasteiger partial charge in [-0.3, -0.25) is 0 Å². The van der Waals surface area contributed by atoms with Gasteiger partial charge >= 0.3 is 6.18 Å². The quantitative estimate of drug-likeness (QED) is 0.157. The first kappa shape index (κ1) is 35.3. The fourth-order valence-corrected chi connectivity index (χ4v) is 6.17. The van der Waals surface area contributed by atoms with Crippen LogP contribution >= 0.6 is 11.3 Å². The summed E-state index contributed by atoms with van der Waals surface area (Å²) in [5, 5.41) is 38.3. The first-order valence-electron chi connectivity index (χ1n) is 15.2. The molecule has 0 amide bonds. The number of anilines is 1. The van der Waals surface area contributed by atoms with Crippen molar-refractivity contribution < 1.29 is 27.8 Å². The maximum absolute atomic E-state index is 15.1. The molecule has 11 heteroatoms. The van der Waals surface area contributed by atoms with E-state index in [2.05, 4.69) is 0 Å². The van der Waals surface area contributed by atoms with Gasteiger partial charge in [-0.1, -0.05) is 66.7 Å². The highest BCUT2D eigenvalue weighted by Gasteiger charge is 2.65. The van der Waals surface area contributed by atoms with Crippen LogP contribution in [0.25, 0.3) is 18.2 Å². The van der Waals surface area contributed by atoms with E-state index in [1.54, 1.807) is 30.3 Å². The highest BCUT2D eigenvalue weighted by atomic mass is 32.1. The predicted octanol–water partition coefficient (Wildman–Crippen LogP) is 8.55. The van der Waals surface area contributed by atoms with Gasteiger partial charge < -0.3 is 19.5 Å². The summed E-state index contributed by atoms with van der Waals surface area (Å²) in [6.07, 6.45) is 1.28. The molecule has 0 radical (unpaired) electrons. The summed E-state index contributed by atoms with van der Waals surface area (Å²) in [6.45, 7) is 0.789. The second kappa shape index (κ2) is 15.4. The number of thiophene rings is 1. The molecule has 0 spiro atoms. The number of hydrogen-bond donors (Lipinski definition) is 1. The summed E-state index contributed by atoms with van der Waals surface area (Å²) in [6, 6.07) is 30.6. The molecule has 1 N–H and O–H groups in total. The third-order valence-electron chi connectivity index (χ3n) is 7.87. The van der Waals surface area contributed by atoms with Crippen molar-refractivity contribution in [1.29, 1.82) is 15.8 Å². The molecule has 50 heavy (non-hydrogen) atoms. The SMILES string of the molecule is CN(CCO)c1ccc(C=Cc2ccc(C=CC3=C(C#N)C(=C(C#N)C#N)OC3(c3ccccc3)C(F)(F)F)s2)c(OCc2ccccc2)c1. The molecular formula is C39H29F3N4O3S. The maximum Gasteiger partial charge on any atom is 0.437 e. The molecule has 7 nitrogen and oxygen atoms in total. The molecule has 0 aliphatic carbocycles. The van der Waals surface area contributed by atoms with Crippen LogP contribution in [0, 0.1) is 34.0 Å². The van der Waals surface area contributed by atoms with E-state index >= 15 is 13.2 Å². The Labute approximate surface area is 291 Å². The minimum absolute atomic E-state index is 0.00225. The van der Waals surface area contributed by atoms with Gasteiger partial charge in [-0.2, -0.15) is 29.0 Å². The minimum Gasteiger partial charge on any atom is -0.488 e. The third kappa shape index (κ3) is 7.33. The summed E-state index contributed by atoms with van der Waals surface area (Å²) in [7, 11) is 1.87. The Balaban J connectivity index is 1.49. The van der Waals surface area contributed by atoms with Gasteiger partial charge in [0.1, 0.15) is 36.1 Å². The number of aliphatic hydroxyl groups excluding tert-OH is 1. The normalized spacial score (nSPS) is 15.8. The third-order valence-corrected chi connectivity index (χ3v) is 8.89. The number of nitriles is 3. The van der Waals surface area contributed by atoms with Crippen LogP contribution in [0.2, 0.25) is 0 Å². The molecular weight excluding hydrogens is 662 g/mol. The maximum atomic E-state index is 15.1. The van der Waals surface area contributed by atoms with E-state index in [0.29, 0.717) is 23.8 Å².